The van der Waals surface area contributed by atoms with Crippen LogP contribution in [0.4, 0.5) is 0 Å². The maximum absolute atomic E-state index is 11.6. The third kappa shape index (κ3) is 6.18. The molecule has 0 unspecified atom stereocenters. The number of unbranched alkanes of at least 4 members (excludes halogenated alkanes) is 2. The zero-order chi connectivity index (χ0) is 13.1. The van der Waals surface area contributed by atoms with E-state index >= 15 is 0 Å². The predicted molar refractivity (Wildman–Crippen MR) is 74.2 cm³/mol. The average Bonchev–Trinajstić information content (AvgIpc) is 2.42. The molecule has 3 nitrogen and oxygen atoms in total. The lowest BCUT2D eigenvalue weighted by molar-refractivity contribution is 0.0503. The standard InChI is InChI=1S/C15H21NO2/c1-2-3-7-11-16-12-8-13-18-15(17)14-9-5-4-6-10-14/h4-6,9-11H,2-3,7-8,12-13H2,1H3. The molecule has 0 fully saturated rings. The number of hydrogen-bond acceptors (Lipinski definition) is 3. The Morgan fingerprint density at radius 2 is 2.06 bits per heavy atom. The van der Waals surface area contributed by atoms with Crippen molar-refractivity contribution in [2.45, 2.75) is 32.6 Å². The third-order valence-corrected chi connectivity index (χ3v) is 2.49. The number of carbonyl (C=O) groups excluding carboxylic acids is 1. The summed E-state index contributed by atoms with van der Waals surface area (Å²) in [5, 5.41) is 0. The Balaban J connectivity index is 2.08. The number of rotatable bonds is 8. The molecule has 0 aliphatic rings. The first kappa shape index (κ1) is 14.4. The van der Waals surface area contributed by atoms with Crippen LogP contribution in [0.2, 0.25) is 0 Å². The van der Waals surface area contributed by atoms with Gasteiger partial charge >= 0.3 is 5.97 Å². The molecular formula is C15H21NO2. The Morgan fingerprint density at radius 3 is 2.78 bits per heavy atom. The van der Waals surface area contributed by atoms with Crippen molar-refractivity contribution in [2.24, 2.45) is 4.99 Å². The predicted octanol–water partition coefficient (Wildman–Crippen LogP) is 3.49. The summed E-state index contributed by atoms with van der Waals surface area (Å²) >= 11 is 0. The van der Waals surface area contributed by atoms with Crippen LogP contribution in [-0.4, -0.2) is 25.3 Å². The molecule has 0 saturated carbocycles. The molecule has 98 valence electrons. The summed E-state index contributed by atoms with van der Waals surface area (Å²) in [6.45, 7) is 3.32. The summed E-state index contributed by atoms with van der Waals surface area (Å²) in [5.41, 5.74) is 0.601. The van der Waals surface area contributed by atoms with Gasteiger partial charge in [-0.3, -0.25) is 4.99 Å². The molecule has 0 saturated heterocycles. The number of esters is 1. The second-order valence-electron chi connectivity index (χ2n) is 4.09. The van der Waals surface area contributed by atoms with Crippen LogP contribution in [0.5, 0.6) is 0 Å². The van der Waals surface area contributed by atoms with E-state index in [1.165, 1.54) is 12.8 Å². The number of benzene rings is 1. The van der Waals surface area contributed by atoms with Gasteiger partial charge in [0.2, 0.25) is 0 Å². The summed E-state index contributed by atoms with van der Waals surface area (Å²) in [4.78, 5) is 15.8. The van der Waals surface area contributed by atoms with E-state index in [4.69, 9.17) is 4.74 Å². The molecule has 0 radical (unpaired) electrons. The van der Waals surface area contributed by atoms with Gasteiger partial charge in [0.05, 0.1) is 12.2 Å². The molecule has 1 rings (SSSR count). The third-order valence-electron chi connectivity index (χ3n) is 2.49. The maximum atomic E-state index is 11.6. The van der Waals surface area contributed by atoms with E-state index in [0.29, 0.717) is 12.2 Å². The molecule has 0 heterocycles. The minimum absolute atomic E-state index is 0.259. The summed E-state index contributed by atoms with van der Waals surface area (Å²) in [6.07, 6.45) is 6.16. The molecule has 0 aliphatic carbocycles. The molecule has 0 N–H and O–H groups in total. The number of aliphatic imine (C=N–C) groups is 1. The van der Waals surface area contributed by atoms with Crippen LogP contribution >= 0.6 is 0 Å². The average molecular weight is 247 g/mol. The van der Waals surface area contributed by atoms with E-state index in [0.717, 1.165) is 19.4 Å². The van der Waals surface area contributed by atoms with Crippen LogP contribution in [-0.2, 0) is 4.74 Å². The van der Waals surface area contributed by atoms with Gasteiger partial charge in [0.15, 0.2) is 0 Å². The topological polar surface area (TPSA) is 38.7 Å². The van der Waals surface area contributed by atoms with Gasteiger partial charge in [-0.25, -0.2) is 4.79 Å². The highest BCUT2D eigenvalue weighted by Gasteiger charge is 2.04. The second-order valence-corrected chi connectivity index (χ2v) is 4.09. The molecule has 3 heteroatoms. The van der Waals surface area contributed by atoms with Gasteiger partial charge < -0.3 is 4.74 Å². The van der Waals surface area contributed by atoms with E-state index in [9.17, 15) is 4.79 Å². The van der Waals surface area contributed by atoms with Gasteiger partial charge in [0, 0.05) is 13.0 Å². The van der Waals surface area contributed by atoms with Crippen molar-refractivity contribution in [3.63, 3.8) is 0 Å². The van der Waals surface area contributed by atoms with Crippen molar-refractivity contribution in [3.8, 4) is 0 Å². The molecule has 0 bridgehead atoms. The van der Waals surface area contributed by atoms with Crippen LogP contribution < -0.4 is 0 Å². The normalized spacial score (nSPS) is 10.7. The van der Waals surface area contributed by atoms with Gasteiger partial charge in [-0.1, -0.05) is 31.5 Å². The molecule has 0 aromatic heterocycles. The Kier molecular flexibility index (Phi) is 7.53. The Hall–Kier alpha value is -1.64. The number of hydrogen-bond donors (Lipinski definition) is 0. The van der Waals surface area contributed by atoms with Gasteiger partial charge in [-0.05, 0) is 31.2 Å². The largest absolute Gasteiger partial charge is 0.462 e. The maximum Gasteiger partial charge on any atom is 0.338 e. The molecule has 0 spiro atoms. The first-order valence-electron chi connectivity index (χ1n) is 6.55. The fourth-order valence-electron chi connectivity index (χ4n) is 1.46. The molecule has 18 heavy (non-hydrogen) atoms. The van der Waals surface area contributed by atoms with E-state index in [2.05, 4.69) is 11.9 Å². The lowest BCUT2D eigenvalue weighted by atomic mass is 10.2. The van der Waals surface area contributed by atoms with E-state index in [-0.39, 0.29) is 5.97 Å². The fraction of sp³-hybridized carbons (Fsp3) is 0.467. The Labute approximate surface area is 109 Å². The van der Waals surface area contributed by atoms with Gasteiger partial charge in [-0.2, -0.15) is 0 Å². The highest BCUT2D eigenvalue weighted by Crippen LogP contribution is 2.01. The quantitative estimate of drug-likeness (QED) is 0.400. The molecule has 0 aliphatic heterocycles. The van der Waals surface area contributed by atoms with E-state index < -0.39 is 0 Å². The van der Waals surface area contributed by atoms with Crippen LogP contribution in [0.15, 0.2) is 35.3 Å². The zero-order valence-corrected chi connectivity index (χ0v) is 11.0. The molecule has 0 amide bonds. The monoisotopic (exact) mass is 247 g/mol. The van der Waals surface area contributed by atoms with Gasteiger partial charge in [-0.15, -0.1) is 0 Å². The summed E-state index contributed by atoms with van der Waals surface area (Å²) in [6, 6.07) is 9.04. The van der Waals surface area contributed by atoms with Gasteiger partial charge in [0.25, 0.3) is 0 Å². The SMILES string of the molecule is CCCCC=NCCCOC(=O)c1ccccc1. The van der Waals surface area contributed by atoms with Crippen LogP contribution in [0.1, 0.15) is 43.0 Å². The van der Waals surface area contributed by atoms with Crippen LogP contribution in [0.25, 0.3) is 0 Å². The molecular weight excluding hydrogens is 226 g/mol. The van der Waals surface area contributed by atoms with Crippen molar-refractivity contribution < 1.29 is 9.53 Å². The minimum Gasteiger partial charge on any atom is -0.462 e. The summed E-state index contributed by atoms with van der Waals surface area (Å²) in [7, 11) is 0. The Bertz CT molecular complexity index is 360. The lowest BCUT2D eigenvalue weighted by Gasteiger charge is -2.03. The number of nitrogens with zero attached hydrogens (tertiary/aromatic N) is 1. The van der Waals surface area contributed by atoms with Crippen LogP contribution in [0.3, 0.4) is 0 Å². The highest BCUT2D eigenvalue weighted by atomic mass is 16.5. The van der Waals surface area contributed by atoms with Crippen molar-refractivity contribution >= 4 is 12.2 Å². The number of ether oxygens (including phenoxy) is 1. The van der Waals surface area contributed by atoms with Gasteiger partial charge in [0.1, 0.15) is 0 Å². The summed E-state index contributed by atoms with van der Waals surface area (Å²) < 4.78 is 5.14. The molecule has 0 atom stereocenters. The minimum atomic E-state index is -0.259. The summed E-state index contributed by atoms with van der Waals surface area (Å²) in [5.74, 6) is -0.259. The first-order chi connectivity index (χ1) is 8.84. The zero-order valence-electron chi connectivity index (χ0n) is 11.0. The smallest absolute Gasteiger partial charge is 0.338 e. The van der Waals surface area contributed by atoms with Crippen molar-refractivity contribution in [1.29, 1.82) is 0 Å². The molecule has 1 aromatic rings. The Morgan fingerprint density at radius 1 is 1.28 bits per heavy atom. The lowest BCUT2D eigenvalue weighted by Crippen LogP contribution is -2.06. The van der Waals surface area contributed by atoms with Crippen molar-refractivity contribution in [3.05, 3.63) is 35.9 Å². The molecule has 1 aromatic carbocycles. The number of carbonyl (C=O) groups is 1. The van der Waals surface area contributed by atoms with Crippen LogP contribution in [0, 0.1) is 0 Å². The second kappa shape index (κ2) is 9.40. The van der Waals surface area contributed by atoms with E-state index in [1.807, 2.05) is 24.4 Å². The first-order valence-corrected chi connectivity index (χ1v) is 6.55. The van der Waals surface area contributed by atoms with Crippen molar-refractivity contribution in [1.82, 2.24) is 0 Å². The van der Waals surface area contributed by atoms with Crippen molar-refractivity contribution in [2.75, 3.05) is 13.2 Å². The van der Waals surface area contributed by atoms with E-state index in [1.54, 1.807) is 12.1 Å². The highest BCUT2D eigenvalue weighted by molar-refractivity contribution is 5.89. The fourth-order valence-corrected chi connectivity index (χ4v) is 1.46.